The predicted molar refractivity (Wildman–Crippen MR) is 70.2 cm³/mol. The van der Waals surface area contributed by atoms with Gasteiger partial charge >= 0.3 is 0 Å². The van der Waals surface area contributed by atoms with E-state index in [0.29, 0.717) is 10.8 Å². The Labute approximate surface area is 104 Å². The quantitative estimate of drug-likeness (QED) is 0.827. The minimum Gasteiger partial charge on any atom is -0.224 e. The molecule has 1 aromatic carbocycles. The van der Waals surface area contributed by atoms with Gasteiger partial charge in [0.05, 0.1) is 4.90 Å². The maximum atomic E-state index is 11.8. The first kappa shape index (κ1) is 12.6. The van der Waals surface area contributed by atoms with Crippen LogP contribution in [-0.4, -0.2) is 14.7 Å². The highest BCUT2D eigenvalue weighted by atomic mass is 32.2. The van der Waals surface area contributed by atoms with E-state index in [2.05, 4.69) is 26.8 Å². The van der Waals surface area contributed by atoms with E-state index in [-0.39, 0.29) is 5.41 Å². The van der Waals surface area contributed by atoms with Crippen LogP contribution < -0.4 is 0 Å². The molecule has 0 radical (unpaired) electrons. The summed E-state index contributed by atoms with van der Waals surface area (Å²) < 4.78 is 23.6. The predicted octanol–water partition coefficient (Wildman–Crippen LogP) is 3.27. The van der Waals surface area contributed by atoms with Gasteiger partial charge in [0.25, 0.3) is 0 Å². The van der Waals surface area contributed by atoms with E-state index in [0.717, 1.165) is 18.4 Å². The Bertz CT molecular complexity index is 537. The molecule has 1 saturated carbocycles. The SMILES string of the molecule is CC(C)c1ccc(S(C)(=O)=O)c(C2(C)CC2)c1. The molecule has 0 amide bonds. The van der Waals surface area contributed by atoms with Crippen LogP contribution in [0.25, 0.3) is 0 Å². The molecule has 0 aliphatic heterocycles. The molecule has 17 heavy (non-hydrogen) atoms. The Morgan fingerprint density at radius 2 is 1.82 bits per heavy atom. The molecule has 2 rings (SSSR count). The summed E-state index contributed by atoms with van der Waals surface area (Å²) in [5.74, 6) is 0.435. The lowest BCUT2D eigenvalue weighted by Gasteiger charge is -2.17. The van der Waals surface area contributed by atoms with Crippen LogP contribution >= 0.6 is 0 Å². The van der Waals surface area contributed by atoms with Gasteiger partial charge in [-0.05, 0) is 41.4 Å². The number of hydrogen-bond acceptors (Lipinski definition) is 2. The van der Waals surface area contributed by atoms with Crippen LogP contribution in [-0.2, 0) is 15.3 Å². The van der Waals surface area contributed by atoms with Crippen molar-refractivity contribution in [3.8, 4) is 0 Å². The van der Waals surface area contributed by atoms with Crippen molar-refractivity contribution in [2.45, 2.75) is 49.8 Å². The minimum absolute atomic E-state index is 0.0866. The first-order valence-corrected chi connectivity index (χ1v) is 7.98. The van der Waals surface area contributed by atoms with Gasteiger partial charge in [0.2, 0.25) is 0 Å². The highest BCUT2D eigenvalue weighted by Crippen LogP contribution is 2.50. The second kappa shape index (κ2) is 3.84. The number of sulfone groups is 1. The average molecular weight is 252 g/mol. The highest BCUT2D eigenvalue weighted by molar-refractivity contribution is 7.90. The molecule has 1 aromatic rings. The van der Waals surface area contributed by atoms with Crippen LogP contribution in [0.5, 0.6) is 0 Å². The zero-order valence-corrected chi connectivity index (χ0v) is 11.8. The summed E-state index contributed by atoms with van der Waals surface area (Å²) in [7, 11) is -3.12. The third-order valence-corrected chi connectivity index (χ3v) is 4.87. The molecule has 0 atom stereocenters. The average Bonchev–Trinajstić information content (AvgIpc) is 2.95. The van der Waals surface area contributed by atoms with Gasteiger partial charge in [0, 0.05) is 6.26 Å². The summed E-state index contributed by atoms with van der Waals surface area (Å²) >= 11 is 0. The molecule has 0 saturated heterocycles. The molecule has 2 nitrogen and oxygen atoms in total. The maximum absolute atomic E-state index is 11.8. The van der Waals surface area contributed by atoms with Crippen LogP contribution in [0.15, 0.2) is 23.1 Å². The van der Waals surface area contributed by atoms with Gasteiger partial charge in [-0.25, -0.2) is 8.42 Å². The van der Waals surface area contributed by atoms with Crippen molar-refractivity contribution in [3.63, 3.8) is 0 Å². The largest absolute Gasteiger partial charge is 0.224 e. The van der Waals surface area contributed by atoms with Gasteiger partial charge in [-0.2, -0.15) is 0 Å². The topological polar surface area (TPSA) is 34.1 Å². The number of benzene rings is 1. The minimum atomic E-state index is -3.12. The normalized spacial score (nSPS) is 18.4. The molecular weight excluding hydrogens is 232 g/mol. The second-order valence-corrected chi connectivity index (χ2v) is 7.73. The van der Waals surface area contributed by atoms with E-state index < -0.39 is 9.84 Å². The summed E-state index contributed by atoms with van der Waals surface area (Å²) in [6.07, 6.45) is 3.49. The van der Waals surface area contributed by atoms with Crippen molar-refractivity contribution in [2.75, 3.05) is 6.26 Å². The summed E-state index contributed by atoms with van der Waals surface area (Å²) in [6, 6.07) is 5.81. The van der Waals surface area contributed by atoms with Gasteiger partial charge in [-0.15, -0.1) is 0 Å². The van der Waals surface area contributed by atoms with Crippen molar-refractivity contribution >= 4 is 9.84 Å². The first-order valence-electron chi connectivity index (χ1n) is 6.08. The van der Waals surface area contributed by atoms with Crippen LogP contribution in [0.4, 0.5) is 0 Å². The standard InChI is InChI=1S/C14H20O2S/c1-10(2)11-5-6-13(17(4,15)16)12(9-11)14(3)7-8-14/h5-6,9-10H,7-8H2,1-4H3. The van der Waals surface area contributed by atoms with Gasteiger partial charge < -0.3 is 0 Å². The number of rotatable bonds is 3. The van der Waals surface area contributed by atoms with E-state index in [9.17, 15) is 8.42 Å². The maximum Gasteiger partial charge on any atom is 0.175 e. The van der Waals surface area contributed by atoms with Gasteiger partial charge in [0.15, 0.2) is 9.84 Å². The van der Waals surface area contributed by atoms with E-state index in [4.69, 9.17) is 0 Å². The molecule has 0 heterocycles. The zero-order valence-electron chi connectivity index (χ0n) is 10.9. The van der Waals surface area contributed by atoms with Gasteiger partial charge in [0.1, 0.15) is 0 Å². The third-order valence-electron chi connectivity index (χ3n) is 3.72. The highest BCUT2D eigenvalue weighted by Gasteiger charge is 2.42. The fraction of sp³-hybridized carbons (Fsp3) is 0.571. The van der Waals surface area contributed by atoms with E-state index in [1.807, 2.05) is 6.07 Å². The Hall–Kier alpha value is -0.830. The van der Waals surface area contributed by atoms with Gasteiger partial charge in [-0.1, -0.05) is 32.9 Å². The Balaban J connectivity index is 2.62. The monoisotopic (exact) mass is 252 g/mol. The van der Waals surface area contributed by atoms with Crippen molar-refractivity contribution in [2.24, 2.45) is 0 Å². The van der Waals surface area contributed by atoms with Crippen molar-refractivity contribution in [3.05, 3.63) is 29.3 Å². The summed E-state index contributed by atoms with van der Waals surface area (Å²) in [5, 5.41) is 0. The van der Waals surface area contributed by atoms with Crippen molar-refractivity contribution < 1.29 is 8.42 Å². The molecule has 0 bridgehead atoms. The molecule has 1 aliphatic rings. The van der Waals surface area contributed by atoms with Crippen LogP contribution in [0, 0.1) is 0 Å². The first-order chi connectivity index (χ1) is 7.74. The molecule has 0 N–H and O–H groups in total. The fourth-order valence-electron chi connectivity index (χ4n) is 2.16. The summed E-state index contributed by atoms with van der Waals surface area (Å²) in [4.78, 5) is 0.516. The van der Waals surface area contributed by atoms with E-state index in [1.54, 1.807) is 6.07 Å². The fourth-order valence-corrected chi connectivity index (χ4v) is 3.18. The zero-order chi connectivity index (χ0) is 12.8. The molecule has 1 fully saturated rings. The van der Waals surface area contributed by atoms with Crippen molar-refractivity contribution in [1.82, 2.24) is 0 Å². The Morgan fingerprint density at radius 3 is 2.24 bits per heavy atom. The smallest absolute Gasteiger partial charge is 0.175 e. The van der Waals surface area contributed by atoms with E-state index in [1.165, 1.54) is 11.8 Å². The molecule has 0 spiro atoms. The molecule has 1 aliphatic carbocycles. The Kier molecular flexibility index (Phi) is 2.85. The van der Waals surface area contributed by atoms with E-state index >= 15 is 0 Å². The summed E-state index contributed by atoms with van der Waals surface area (Å²) in [6.45, 7) is 6.42. The Morgan fingerprint density at radius 1 is 1.24 bits per heavy atom. The molecule has 94 valence electrons. The lowest BCUT2D eigenvalue weighted by Crippen LogP contribution is -2.10. The van der Waals surface area contributed by atoms with Crippen molar-refractivity contribution in [1.29, 1.82) is 0 Å². The van der Waals surface area contributed by atoms with Crippen LogP contribution in [0.3, 0.4) is 0 Å². The van der Waals surface area contributed by atoms with Crippen LogP contribution in [0.2, 0.25) is 0 Å². The second-order valence-electron chi connectivity index (χ2n) is 5.74. The van der Waals surface area contributed by atoms with Gasteiger partial charge in [-0.3, -0.25) is 0 Å². The third kappa shape index (κ3) is 2.39. The molecule has 3 heteroatoms. The molecule has 0 unspecified atom stereocenters. The van der Waals surface area contributed by atoms with Crippen LogP contribution in [0.1, 0.15) is 50.7 Å². The number of hydrogen-bond donors (Lipinski definition) is 0. The molecule has 0 aromatic heterocycles. The summed E-state index contributed by atoms with van der Waals surface area (Å²) in [5.41, 5.74) is 2.33. The molecular formula is C14H20O2S. The lowest BCUT2D eigenvalue weighted by molar-refractivity contribution is 0.598. The lowest BCUT2D eigenvalue weighted by atomic mass is 9.93.